The van der Waals surface area contributed by atoms with Gasteiger partial charge in [0.25, 0.3) is 0 Å². The summed E-state index contributed by atoms with van der Waals surface area (Å²) in [6, 6.07) is 13.3. The zero-order valence-electron chi connectivity index (χ0n) is 15.9. The summed E-state index contributed by atoms with van der Waals surface area (Å²) >= 11 is 0. The van der Waals surface area contributed by atoms with E-state index in [1.807, 2.05) is 42.5 Å². The first-order valence-electron chi connectivity index (χ1n) is 9.34. The van der Waals surface area contributed by atoms with Crippen LogP contribution in [0.15, 0.2) is 42.5 Å². The van der Waals surface area contributed by atoms with Gasteiger partial charge in [0.1, 0.15) is 11.5 Å². The molecule has 6 heteroatoms. The van der Waals surface area contributed by atoms with Gasteiger partial charge in [-0.05, 0) is 49.2 Å². The van der Waals surface area contributed by atoms with Crippen molar-refractivity contribution < 1.29 is 14.3 Å². The Hall–Kier alpha value is -2.89. The van der Waals surface area contributed by atoms with Crippen LogP contribution in [-0.2, 0) is 0 Å². The number of urea groups is 1. The number of carbonyl (C=O) groups is 1. The number of methoxy groups -OCH3 is 2. The first-order valence-corrected chi connectivity index (χ1v) is 9.34. The summed E-state index contributed by atoms with van der Waals surface area (Å²) in [7, 11) is 3.26. The maximum Gasteiger partial charge on any atom is 0.319 e. The van der Waals surface area contributed by atoms with Gasteiger partial charge in [0.05, 0.1) is 19.9 Å². The molecule has 3 N–H and O–H groups in total. The number of carbonyl (C=O) groups excluding carboxylic acids is 1. The Bertz CT molecular complexity index is 756. The van der Waals surface area contributed by atoms with Crippen molar-refractivity contribution in [2.75, 3.05) is 24.9 Å². The fourth-order valence-corrected chi connectivity index (χ4v) is 3.30. The minimum atomic E-state index is -0.142. The van der Waals surface area contributed by atoms with Crippen molar-refractivity contribution in [3.63, 3.8) is 0 Å². The van der Waals surface area contributed by atoms with E-state index < -0.39 is 0 Å². The van der Waals surface area contributed by atoms with Crippen molar-refractivity contribution in [3.8, 4) is 11.5 Å². The fraction of sp³-hybridized carbons (Fsp3) is 0.381. The Morgan fingerprint density at radius 1 is 0.926 bits per heavy atom. The lowest BCUT2D eigenvalue weighted by Gasteiger charge is -2.22. The molecular weight excluding hydrogens is 342 g/mol. The smallest absolute Gasteiger partial charge is 0.319 e. The molecule has 0 bridgehead atoms. The standard InChI is InChI=1S/C21H27N3O3/c1-26-18-12-13-20(27-2)19(14-18)22-16-8-10-17(11-9-16)24-21(25)23-15-6-4-3-5-7-15/h8-15,22H,3-7H2,1-2H3,(H2,23,24,25). The first kappa shape index (κ1) is 18.9. The highest BCUT2D eigenvalue weighted by Gasteiger charge is 2.15. The second-order valence-electron chi connectivity index (χ2n) is 6.70. The van der Waals surface area contributed by atoms with E-state index in [0.29, 0.717) is 6.04 Å². The van der Waals surface area contributed by atoms with Crippen molar-refractivity contribution in [3.05, 3.63) is 42.5 Å². The number of ether oxygens (including phenoxy) is 2. The number of amides is 2. The van der Waals surface area contributed by atoms with Crippen molar-refractivity contribution >= 4 is 23.1 Å². The molecule has 0 unspecified atom stereocenters. The number of hydrogen-bond acceptors (Lipinski definition) is 4. The van der Waals surface area contributed by atoms with Gasteiger partial charge in [-0.2, -0.15) is 0 Å². The third-order valence-corrected chi connectivity index (χ3v) is 4.77. The van der Waals surface area contributed by atoms with Gasteiger partial charge < -0.3 is 25.4 Å². The van der Waals surface area contributed by atoms with E-state index >= 15 is 0 Å². The van der Waals surface area contributed by atoms with Gasteiger partial charge in [0, 0.05) is 23.5 Å². The quantitative estimate of drug-likeness (QED) is 0.677. The molecule has 144 valence electrons. The average Bonchev–Trinajstić information content (AvgIpc) is 2.70. The zero-order chi connectivity index (χ0) is 19.1. The molecule has 1 saturated carbocycles. The largest absolute Gasteiger partial charge is 0.497 e. The SMILES string of the molecule is COc1ccc(OC)c(Nc2ccc(NC(=O)NC3CCCCC3)cc2)c1. The molecular formula is C21H27N3O3. The van der Waals surface area contributed by atoms with Gasteiger partial charge in [-0.3, -0.25) is 0 Å². The predicted octanol–water partition coefficient (Wildman–Crippen LogP) is 4.90. The van der Waals surface area contributed by atoms with E-state index in [9.17, 15) is 4.79 Å². The second kappa shape index (κ2) is 9.16. The Kier molecular flexibility index (Phi) is 6.41. The summed E-state index contributed by atoms with van der Waals surface area (Å²) in [5.74, 6) is 1.47. The van der Waals surface area contributed by atoms with E-state index in [-0.39, 0.29) is 6.03 Å². The highest BCUT2D eigenvalue weighted by atomic mass is 16.5. The van der Waals surface area contributed by atoms with E-state index in [1.54, 1.807) is 14.2 Å². The molecule has 0 aromatic heterocycles. The van der Waals surface area contributed by atoms with Gasteiger partial charge in [0.15, 0.2) is 0 Å². The first-order chi connectivity index (χ1) is 13.2. The van der Waals surface area contributed by atoms with E-state index in [1.165, 1.54) is 19.3 Å². The van der Waals surface area contributed by atoms with E-state index in [0.717, 1.165) is 41.4 Å². The number of hydrogen-bond donors (Lipinski definition) is 3. The summed E-state index contributed by atoms with van der Waals surface area (Å²) < 4.78 is 10.6. The van der Waals surface area contributed by atoms with Crippen molar-refractivity contribution in [2.45, 2.75) is 38.1 Å². The topological polar surface area (TPSA) is 71.6 Å². The van der Waals surface area contributed by atoms with Gasteiger partial charge in [-0.25, -0.2) is 4.79 Å². The maximum atomic E-state index is 12.1. The Morgan fingerprint density at radius 3 is 2.30 bits per heavy atom. The minimum Gasteiger partial charge on any atom is -0.497 e. The molecule has 0 atom stereocenters. The highest BCUT2D eigenvalue weighted by Crippen LogP contribution is 2.31. The molecule has 6 nitrogen and oxygen atoms in total. The molecule has 1 fully saturated rings. The van der Waals surface area contributed by atoms with Gasteiger partial charge in [-0.15, -0.1) is 0 Å². The molecule has 1 aliphatic carbocycles. The lowest BCUT2D eigenvalue weighted by molar-refractivity contribution is 0.244. The second-order valence-corrected chi connectivity index (χ2v) is 6.70. The number of anilines is 3. The molecule has 2 amide bonds. The summed E-state index contributed by atoms with van der Waals surface area (Å²) in [6.45, 7) is 0. The monoisotopic (exact) mass is 369 g/mol. The van der Waals surface area contributed by atoms with Gasteiger partial charge in [-0.1, -0.05) is 19.3 Å². The summed E-state index contributed by atoms with van der Waals surface area (Å²) in [5.41, 5.74) is 2.46. The number of benzene rings is 2. The Morgan fingerprint density at radius 2 is 1.63 bits per heavy atom. The molecule has 0 spiro atoms. The lowest BCUT2D eigenvalue weighted by atomic mass is 9.96. The molecule has 0 aliphatic heterocycles. The molecule has 2 aromatic rings. The van der Waals surface area contributed by atoms with E-state index in [4.69, 9.17) is 9.47 Å². The third-order valence-electron chi connectivity index (χ3n) is 4.77. The van der Waals surface area contributed by atoms with Crippen LogP contribution in [0.5, 0.6) is 11.5 Å². The number of rotatable bonds is 6. The van der Waals surface area contributed by atoms with Crippen LogP contribution < -0.4 is 25.4 Å². The summed E-state index contributed by atoms with van der Waals surface area (Å²) in [4.78, 5) is 12.1. The third kappa shape index (κ3) is 5.29. The zero-order valence-corrected chi connectivity index (χ0v) is 15.9. The van der Waals surface area contributed by atoms with Crippen molar-refractivity contribution in [2.24, 2.45) is 0 Å². The van der Waals surface area contributed by atoms with Crippen LogP contribution in [0.3, 0.4) is 0 Å². The number of nitrogens with one attached hydrogen (secondary N) is 3. The summed E-state index contributed by atoms with van der Waals surface area (Å²) in [5, 5.41) is 9.26. The molecule has 0 heterocycles. The highest BCUT2D eigenvalue weighted by molar-refractivity contribution is 5.89. The average molecular weight is 369 g/mol. The van der Waals surface area contributed by atoms with Crippen LogP contribution in [0.25, 0.3) is 0 Å². The summed E-state index contributed by atoms with van der Waals surface area (Å²) in [6.07, 6.45) is 5.79. The van der Waals surface area contributed by atoms with Crippen LogP contribution in [-0.4, -0.2) is 26.3 Å². The van der Waals surface area contributed by atoms with Crippen LogP contribution >= 0.6 is 0 Å². The lowest BCUT2D eigenvalue weighted by Crippen LogP contribution is -2.38. The van der Waals surface area contributed by atoms with E-state index in [2.05, 4.69) is 16.0 Å². The predicted molar refractivity (Wildman–Crippen MR) is 108 cm³/mol. The van der Waals surface area contributed by atoms with Crippen LogP contribution in [0.4, 0.5) is 21.9 Å². The molecule has 0 saturated heterocycles. The molecule has 2 aromatic carbocycles. The van der Waals surface area contributed by atoms with Crippen molar-refractivity contribution in [1.29, 1.82) is 0 Å². The molecule has 27 heavy (non-hydrogen) atoms. The van der Waals surface area contributed by atoms with Crippen molar-refractivity contribution in [1.82, 2.24) is 5.32 Å². The van der Waals surface area contributed by atoms with Gasteiger partial charge in [0.2, 0.25) is 0 Å². The Balaban J connectivity index is 1.59. The molecule has 3 rings (SSSR count). The molecule has 0 radical (unpaired) electrons. The normalized spacial score (nSPS) is 14.3. The Labute approximate surface area is 160 Å². The van der Waals surface area contributed by atoms with Crippen LogP contribution in [0, 0.1) is 0 Å². The maximum absolute atomic E-state index is 12.1. The van der Waals surface area contributed by atoms with Crippen LogP contribution in [0.2, 0.25) is 0 Å². The van der Waals surface area contributed by atoms with Gasteiger partial charge >= 0.3 is 6.03 Å². The minimum absolute atomic E-state index is 0.142. The molecule has 1 aliphatic rings. The van der Waals surface area contributed by atoms with Crippen LogP contribution in [0.1, 0.15) is 32.1 Å². The fourth-order valence-electron chi connectivity index (χ4n) is 3.30.